The van der Waals surface area contributed by atoms with E-state index in [1.54, 1.807) is 6.92 Å². The smallest absolute Gasteiger partial charge is 0.402 e. The standard InChI is InChI=1S/C11H15F3N2O4S/c1-2-20-10-4-3-9(5-8(10)6-17)16-21(18,19)15-7-11(12,13)14/h3-5,15-17H,2,6-7H2,1H3. The molecule has 0 aliphatic heterocycles. The minimum Gasteiger partial charge on any atom is -0.494 e. The molecular formula is C11H15F3N2O4S. The Morgan fingerprint density at radius 3 is 2.52 bits per heavy atom. The molecule has 0 saturated heterocycles. The molecule has 0 aromatic heterocycles. The van der Waals surface area contributed by atoms with Gasteiger partial charge in [-0.25, -0.2) is 0 Å². The first kappa shape index (κ1) is 17.5. The lowest BCUT2D eigenvalue weighted by Gasteiger charge is -2.13. The van der Waals surface area contributed by atoms with Gasteiger partial charge in [0, 0.05) is 5.56 Å². The Hall–Kier alpha value is -1.52. The minimum atomic E-state index is -4.65. The Bertz CT molecular complexity index is 575. The van der Waals surface area contributed by atoms with Crippen LogP contribution in [0.15, 0.2) is 18.2 Å². The van der Waals surface area contributed by atoms with Gasteiger partial charge in [0.2, 0.25) is 0 Å². The largest absolute Gasteiger partial charge is 0.494 e. The van der Waals surface area contributed by atoms with Gasteiger partial charge in [0.25, 0.3) is 10.2 Å². The molecule has 1 aromatic carbocycles. The monoisotopic (exact) mass is 328 g/mol. The highest BCUT2D eigenvalue weighted by Gasteiger charge is 2.29. The second-order valence-electron chi connectivity index (χ2n) is 3.96. The highest BCUT2D eigenvalue weighted by Crippen LogP contribution is 2.23. The Labute approximate surface area is 120 Å². The maximum Gasteiger partial charge on any atom is 0.402 e. The van der Waals surface area contributed by atoms with Gasteiger partial charge in [0.15, 0.2) is 0 Å². The lowest BCUT2D eigenvalue weighted by molar-refractivity contribution is -0.121. The first-order valence-electron chi connectivity index (χ1n) is 5.87. The second kappa shape index (κ2) is 6.96. The maximum absolute atomic E-state index is 12.0. The summed E-state index contributed by atoms with van der Waals surface area (Å²) in [5, 5.41) is 9.16. The molecule has 0 heterocycles. The van der Waals surface area contributed by atoms with Crippen LogP contribution in [0.25, 0.3) is 0 Å². The van der Waals surface area contributed by atoms with Crippen LogP contribution in [0.4, 0.5) is 18.9 Å². The first-order valence-corrected chi connectivity index (χ1v) is 7.36. The molecule has 120 valence electrons. The highest BCUT2D eigenvalue weighted by atomic mass is 32.2. The van der Waals surface area contributed by atoms with Gasteiger partial charge in [0.1, 0.15) is 12.3 Å². The van der Waals surface area contributed by atoms with Gasteiger partial charge in [0.05, 0.1) is 18.9 Å². The van der Waals surface area contributed by atoms with Gasteiger partial charge in [-0.3, -0.25) is 4.72 Å². The van der Waals surface area contributed by atoms with Crippen LogP contribution >= 0.6 is 0 Å². The van der Waals surface area contributed by atoms with E-state index in [4.69, 9.17) is 9.84 Å². The fourth-order valence-corrected chi connectivity index (χ4v) is 2.29. The van der Waals surface area contributed by atoms with Crippen LogP contribution in [0.3, 0.4) is 0 Å². The number of halogens is 3. The van der Waals surface area contributed by atoms with E-state index in [1.165, 1.54) is 22.9 Å². The lowest BCUT2D eigenvalue weighted by Crippen LogP contribution is -2.37. The summed E-state index contributed by atoms with van der Waals surface area (Å²) in [4.78, 5) is 0. The molecule has 21 heavy (non-hydrogen) atoms. The van der Waals surface area contributed by atoms with Crippen LogP contribution in [-0.2, 0) is 16.8 Å². The van der Waals surface area contributed by atoms with Crippen LogP contribution in [0.2, 0.25) is 0 Å². The molecule has 0 radical (unpaired) electrons. The summed E-state index contributed by atoms with van der Waals surface area (Å²) >= 11 is 0. The fraction of sp³-hybridized carbons (Fsp3) is 0.455. The summed E-state index contributed by atoms with van der Waals surface area (Å²) in [5.74, 6) is 0.367. The lowest BCUT2D eigenvalue weighted by atomic mass is 10.2. The fourth-order valence-electron chi connectivity index (χ4n) is 1.43. The van der Waals surface area contributed by atoms with E-state index in [9.17, 15) is 21.6 Å². The van der Waals surface area contributed by atoms with Crippen LogP contribution in [0, 0.1) is 0 Å². The van der Waals surface area contributed by atoms with Gasteiger partial charge in [-0.15, -0.1) is 0 Å². The molecule has 0 aliphatic rings. The van der Waals surface area contributed by atoms with Gasteiger partial charge in [-0.05, 0) is 25.1 Å². The molecule has 3 N–H and O–H groups in total. The highest BCUT2D eigenvalue weighted by molar-refractivity contribution is 7.90. The molecule has 1 aromatic rings. The van der Waals surface area contributed by atoms with Gasteiger partial charge >= 0.3 is 6.18 Å². The summed E-state index contributed by atoms with van der Waals surface area (Å²) in [7, 11) is -4.36. The predicted octanol–water partition coefficient (Wildman–Crippen LogP) is 1.39. The third-order valence-corrected chi connectivity index (χ3v) is 3.27. The van der Waals surface area contributed by atoms with Crippen molar-refractivity contribution < 1.29 is 31.4 Å². The molecule has 0 spiro atoms. The van der Waals surface area contributed by atoms with Crippen molar-refractivity contribution in [3.63, 3.8) is 0 Å². The van der Waals surface area contributed by atoms with Crippen molar-refractivity contribution in [2.45, 2.75) is 19.7 Å². The summed E-state index contributed by atoms with van der Waals surface area (Å²) in [6.45, 7) is 0.0111. The SMILES string of the molecule is CCOc1ccc(NS(=O)(=O)NCC(F)(F)F)cc1CO. The molecule has 0 aliphatic carbocycles. The van der Waals surface area contributed by atoms with Gasteiger partial charge in [-0.1, -0.05) is 0 Å². The van der Waals surface area contributed by atoms with Crippen molar-refractivity contribution in [2.75, 3.05) is 17.9 Å². The van der Waals surface area contributed by atoms with Gasteiger partial charge in [-0.2, -0.15) is 26.3 Å². The molecule has 0 amide bonds. The zero-order valence-electron chi connectivity index (χ0n) is 11.1. The number of ether oxygens (including phenoxy) is 1. The van der Waals surface area contributed by atoms with Crippen LogP contribution in [0.1, 0.15) is 12.5 Å². The predicted molar refractivity (Wildman–Crippen MR) is 70.1 cm³/mol. The molecule has 0 bridgehead atoms. The molecule has 1 rings (SSSR count). The van der Waals surface area contributed by atoms with Crippen molar-refractivity contribution in [1.82, 2.24) is 4.72 Å². The summed E-state index contributed by atoms with van der Waals surface area (Å²) < 4.78 is 67.3. The average molecular weight is 328 g/mol. The summed E-state index contributed by atoms with van der Waals surface area (Å²) in [6, 6.07) is 4.01. The zero-order chi connectivity index (χ0) is 16.1. The van der Waals surface area contributed by atoms with E-state index >= 15 is 0 Å². The molecule has 0 atom stereocenters. The third-order valence-electron chi connectivity index (χ3n) is 2.25. The molecule has 0 unspecified atom stereocenters. The Morgan fingerprint density at radius 2 is 2.00 bits per heavy atom. The summed E-state index contributed by atoms with van der Waals surface area (Å²) in [5.41, 5.74) is 0.324. The van der Waals surface area contributed by atoms with Crippen LogP contribution < -0.4 is 14.2 Å². The molecule has 0 saturated carbocycles. The van der Waals surface area contributed by atoms with E-state index < -0.39 is 29.5 Å². The van der Waals surface area contributed by atoms with E-state index in [2.05, 4.69) is 0 Å². The van der Waals surface area contributed by atoms with Gasteiger partial charge < -0.3 is 9.84 Å². The second-order valence-corrected chi connectivity index (χ2v) is 5.46. The van der Waals surface area contributed by atoms with E-state index in [0.717, 1.165) is 0 Å². The Kier molecular flexibility index (Phi) is 5.81. The van der Waals surface area contributed by atoms with Crippen molar-refractivity contribution >= 4 is 15.9 Å². The first-order chi connectivity index (χ1) is 9.67. The number of nitrogens with one attached hydrogen (secondary N) is 2. The van der Waals surface area contributed by atoms with Crippen LogP contribution in [0.5, 0.6) is 5.75 Å². The average Bonchev–Trinajstić information content (AvgIpc) is 2.37. The topological polar surface area (TPSA) is 87.7 Å². The number of aliphatic hydroxyl groups is 1. The van der Waals surface area contributed by atoms with Crippen molar-refractivity contribution in [2.24, 2.45) is 0 Å². The maximum atomic E-state index is 12.0. The number of rotatable bonds is 7. The Balaban J connectivity index is 2.82. The van der Waals surface area contributed by atoms with E-state index in [-0.39, 0.29) is 5.69 Å². The molecule has 6 nitrogen and oxygen atoms in total. The quantitative estimate of drug-likeness (QED) is 0.706. The number of benzene rings is 1. The molecular weight excluding hydrogens is 313 g/mol. The number of hydrogen-bond acceptors (Lipinski definition) is 4. The minimum absolute atomic E-state index is 0.0113. The molecule has 10 heteroatoms. The van der Waals surface area contributed by atoms with E-state index in [0.29, 0.717) is 17.9 Å². The number of hydrogen-bond donors (Lipinski definition) is 3. The van der Waals surface area contributed by atoms with E-state index in [1.807, 2.05) is 4.72 Å². The van der Waals surface area contributed by atoms with Crippen molar-refractivity contribution in [3.05, 3.63) is 23.8 Å². The Morgan fingerprint density at radius 1 is 1.33 bits per heavy atom. The van der Waals surface area contributed by atoms with Crippen LogP contribution in [-0.4, -0.2) is 32.9 Å². The zero-order valence-corrected chi connectivity index (χ0v) is 11.9. The van der Waals surface area contributed by atoms with Crippen molar-refractivity contribution in [1.29, 1.82) is 0 Å². The number of aliphatic hydroxyl groups excluding tert-OH is 1. The summed E-state index contributed by atoms with van der Waals surface area (Å²) in [6.07, 6.45) is -4.65. The van der Waals surface area contributed by atoms with Crippen molar-refractivity contribution in [3.8, 4) is 5.75 Å². The molecule has 0 fully saturated rings. The normalized spacial score (nSPS) is 12.2. The number of alkyl halides is 3. The third kappa shape index (κ3) is 6.19. The number of anilines is 1.